The summed E-state index contributed by atoms with van der Waals surface area (Å²) in [4.78, 5) is 22.6. The standard InChI is InChI=1S/C12H12ClFN2O3/c13-7-2-1-3-8(14)10(7)16-12(19)15-9(11(17)18)6-4-5-6/h1-3,6,9H,4-5H2,(H,17,18)(H2,15,16,19). The van der Waals surface area contributed by atoms with Crippen LogP contribution in [0.1, 0.15) is 12.8 Å². The molecular formula is C12H12ClFN2O3. The fourth-order valence-electron chi connectivity index (χ4n) is 1.72. The number of urea groups is 1. The zero-order chi connectivity index (χ0) is 14.0. The summed E-state index contributed by atoms with van der Waals surface area (Å²) in [7, 11) is 0. The van der Waals surface area contributed by atoms with Gasteiger partial charge in [0, 0.05) is 0 Å². The van der Waals surface area contributed by atoms with Crippen molar-refractivity contribution >= 4 is 29.3 Å². The maximum Gasteiger partial charge on any atom is 0.326 e. The van der Waals surface area contributed by atoms with E-state index in [-0.39, 0.29) is 16.6 Å². The Kier molecular flexibility index (Phi) is 3.90. The molecule has 0 radical (unpaired) electrons. The second-order valence-electron chi connectivity index (χ2n) is 4.35. The summed E-state index contributed by atoms with van der Waals surface area (Å²) in [5.74, 6) is -1.84. The van der Waals surface area contributed by atoms with Crippen LogP contribution >= 0.6 is 11.6 Å². The molecule has 0 spiro atoms. The Morgan fingerprint density at radius 3 is 2.63 bits per heavy atom. The summed E-state index contributed by atoms with van der Waals surface area (Å²) in [5.41, 5.74) is -0.165. The Labute approximate surface area is 113 Å². The van der Waals surface area contributed by atoms with Crippen molar-refractivity contribution in [3.05, 3.63) is 29.0 Å². The lowest BCUT2D eigenvalue weighted by molar-refractivity contribution is -0.139. The number of carbonyl (C=O) groups is 2. The minimum Gasteiger partial charge on any atom is -0.480 e. The molecule has 3 N–H and O–H groups in total. The average Bonchev–Trinajstić information content (AvgIpc) is 3.15. The van der Waals surface area contributed by atoms with E-state index in [2.05, 4.69) is 10.6 Å². The van der Waals surface area contributed by atoms with Crippen molar-refractivity contribution in [2.45, 2.75) is 18.9 Å². The molecule has 1 aromatic carbocycles. The molecule has 0 bridgehead atoms. The minimum atomic E-state index is -1.10. The van der Waals surface area contributed by atoms with E-state index >= 15 is 0 Å². The van der Waals surface area contributed by atoms with Crippen LogP contribution in [-0.2, 0) is 4.79 Å². The number of carboxylic acids is 1. The van der Waals surface area contributed by atoms with Gasteiger partial charge in [0.25, 0.3) is 0 Å². The van der Waals surface area contributed by atoms with Crippen LogP contribution < -0.4 is 10.6 Å². The Balaban J connectivity index is 2.02. The van der Waals surface area contributed by atoms with Crippen LogP contribution in [0.4, 0.5) is 14.9 Å². The van der Waals surface area contributed by atoms with E-state index < -0.39 is 23.9 Å². The van der Waals surface area contributed by atoms with Crippen LogP contribution in [0.25, 0.3) is 0 Å². The molecule has 1 atom stereocenters. The number of hydrogen-bond donors (Lipinski definition) is 3. The first-order valence-corrected chi connectivity index (χ1v) is 6.11. The van der Waals surface area contributed by atoms with Crippen LogP contribution in [0.3, 0.4) is 0 Å². The smallest absolute Gasteiger partial charge is 0.326 e. The Bertz CT molecular complexity index is 499. The normalized spacial score (nSPS) is 15.7. The highest BCUT2D eigenvalue weighted by molar-refractivity contribution is 6.33. The second kappa shape index (κ2) is 5.44. The molecule has 0 aliphatic heterocycles. The lowest BCUT2D eigenvalue weighted by atomic mass is 10.2. The molecule has 1 aliphatic rings. The van der Waals surface area contributed by atoms with Crippen molar-refractivity contribution in [2.75, 3.05) is 5.32 Å². The summed E-state index contributed by atoms with van der Waals surface area (Å²) < 4.78 is 13.4. The van der Waals surface area contributed by atoms with E-state index in [0.29, 0.717) is 0 Å². The molecule has 1 fully saturated rings. The topological polar surface area (TPSA) is 78.4 Å². The van der Waals surface area contributed by atoms with Gasteiger partial charge in [-0.05, 0) is 30.9 Å². The first-order valence-electron chi connectivity index (χ1n) is 5.73. The molecule has 0 heterocycles. The van der Waals surface area contributed by atoms with Crippen LogP contribution in [0.2, 0.25) is 5.02 Å². The van der Waals surface area contributed by atoms with Crippen molar-refractivity contribution in [2.24, 2.45) is 5.92 Å². The van der Waals surface area contributed by atoms with Gasteiger partial charge in [-0.15, -0.1) is 0 Å². The molecular weight excluding hydrogens is 275 g/mol. The number of amides is 2. The molecule has 1 aliphatic carbocycles. The lowest BCUT2D eigenvalue weighted by Gasteiger charge is -2.15. The molecule has 1 unspecified atom stereocenters. The van der Waals surface area contributed by atoms with Gasteiger partial charge >= 0.3 is 12.0 Å². The highest BCUT2D eigenvalue weighted by Crippen LogP contribution is 2.33. The Morgan fingerprint density at radius 1 is 1.42 bits per heavy atom. The van der Waals surface area contributed by atoms with Gasteiger partial charge in [-0.3, -0.25) is 0 Å². The van der Waals surface area contributed by atoms with Gasteiger partial charge in [0.05, 0.1) is 10.7 Å². The monoisotopic (exact) mass is 286 g/mol. The lowest BCUT2D eigenvalue weighted by Crippen LogP contribution is -2.44. The van der Waals surface area contributed by atoms with Gasteiger partial charge < -0.3 is 15.7 Å². The highest BCUT2D eigenvalue weighted by atomic mass is 35.5. The fraction of sp³-hybridized carbons (Fsp3) is 0.333. The van der Waals surface area contributed by atoms with Gasteiger partial charge in [-0.2, -0.15) is 0 Å². The number of nitrogens with one attached hydrogen (secondary N) is 2. The van der Waals surface area contributed by atoms with Gasteiger partial charge in [0.1, 0.15) is 11.9 Å². The predicted octanol–water partition coefficient (Wildman–Crippen LogP) is 2.46. The SMILES string of the molecule is O=C(Nc1c(F)cccc1Cl)NC(C(=O)O)C1CC1. The third-order valence-electron chi connectivity index (χ3n) is 2.85. The van der Waals surface area contributed by atoms with E-state index in [1.54, 1.807) is 0 Å². The predicted molar refractivity (Wildman–Crippen MR) is 67.7 cm³/mol. The molecule has 2 rings (SSSR count). The number of rotatable bonds is 4. The summed E-state index contributed by atoms with van der Waals surface area (Å²) >= 11 is 5.75. The highest BCUT2D eigenvalue weighted by Gasteiger charge is 2.37. The number of anilines is 1. The van der Waals surface area contributed by atoms with Crippen molar-refractivity contribution in [1.29, 1.82) is 0 Å². The minimum absolute atomic E-state index is 0.0495. The molecule has 7 heteroatoms. The van der Waals surface area contributed by atoms with E-state index in [1.807, 2.05) is 0 Å². The number of aliphatic carboxylic acids is 1. The average molecular weight is 287 g/mol. The third-order valence-corrected chi connectivity index (χ3v) is 3.16. The van der Waals surface area contributed by atoms with Crippen molar-refractivity contribution in [3.63, 3.8) is 0 Å². The van der Waals surface area contributed by atoms with E-state index in [1.165, 1.54) is 12.1 Å². The zero-order valence-corrected chi connectivity index (χ0v) is 10.6. The fourth-order valence-corrected chi connectivity index (χ4v) is 1.93. The third kappa shape index (κ3) is 3.35. The number of carbonyl (C=O) groups excluding carboxylic acids is 1. The second-order valence-corrected chi connectivity index (χ2v) is 4.76. The van der Waals surface area contributed by atoms with Crippen LogP contribution in [0.5, 0.6) is 0 Å². The van der Waals surface area contributed by atoms with Crippen molar-refractivity contribution in [3.8, 4) is 0 Å². The molecule has 1 aromatic rings. The van der Waals surface area contributed by atoms with Crippen molar-refractivity contribution in [1.82, 2.24) is 5.32 Å². The quantitative estimate of drug-likeness (QED) is 0.795. The first kappa shape index (κ1) is 13.6. The molecule has 5 nitrogen and oxygen atoms in total. The number of hydrogen-bond acceptors (Lipinski definition) is 2. The number of benzene rings is 1. The summed E-state index contributed by atoms with van der Waals surface area (Å²) in [6, 6.07) is 2.24. The Hall–Kier alpha value is -1.82. The van der Waals surface area contributed by atoms with Crippen LogP contribution in [-0.4, -0.2) is 23.1 Å². The summed E-state index contributed by atoms with van der Waals surface area (Å²) in [6.45, 7) is 0. The largest absolute Gasteiger partial charge is 0.480 e. The molecule has 102 valence electrons. The van der Waals surface area contributed by atoms with E-state index in [4.69, 9.17) is 16.7 Å². The first-order chi connectivity index (χ1) is 8.99. The maximum absolute atomic E-state index is 13.4. The molecule has 1 saturated carbocycles. The maximum atomic E-state index is 13.4. The van der Waals surface area contributed by atoms with Crippen LogP contribution in [0, 0.1) is 11.7 Å². The van der Waals surface area contributed by atoms with E-state index in [0.717, 1.165) is 18.9 Å². The molecule has 2 amide bonds. The van der Waals surface area contributed by atoms with Gasteiger partial charge in [-0.1, -0.05) is 17.7 Å². The number of carboxylic acid groups (broad SMARTS) is 1. The molecule has 19 heavy (non-hydrogen) atoms. The van der Waals surface area contributed by atoms with Gasteiger partial charge in [0.15, 0.2) is 0 Å². The van der Waals surface area contributed by atoms with Gasteiger partial charge in [0.2, 0.25) is 0 Å². The number of para-hydroxylation sites is 1. The summed E-state index contributed by atoms with van der Waals surface area (Å²) in [6.07, 6.45) is 1.52. The zero-order valence-electron chi connectivity index (χ0n) is 9.82. The number of halogens is 2. The van der Waals surface area contributed by atoms with Crippen LogP contribution in [0.15, 0.2) is 18.2 Å². The van der Waals surface area contributed by atoms with Gasteiger partial charge in [-0.25, -0.2) is 14.0 Å². The Morgan fingerprint density at radius 2 is 2.11 bits per heavy atom. The summed E-state index contributed by atoms with van der Waals surface area (Å²) in [5, 5.41) is 13.5. The molecule has 0 aromatic heterocycles. The van der Waals surface area contributed by atoms with E-state index in [9.17, 15) is 14.0 Å². The van der Waals surface area contributed by atoms with Crippen molar-refractivity contribution < 1.29 is 19.1 Å². The molecule has 0 saturated heterocycles.